The molecule has 16 heavy (non-hydrogen) atoms. The predicted molar refractivity (Wildman–Crippen MR) is 75.4 cm³/mol. The van der Waals surface area contributed by atoms with Gasteiger partial charge in [0.1, 0.15) is 5.76 Å². The van der Waals surface area contributed by atoms with Crippen molar-refractivity contribution < 1.29 is 4.74 Å². The van der Waals surface area contributed by atoms with Crippen LogP contribution in [0.4, 0.5) is 0 Å². The minimum Gasteiger partial charge on any atom is -0.496 e. The highest BCUT2D eigenvalue weighted by Gasteiger charge is 2.00. The van der Waals surface area contributed by atoms with Crippen molar-refractivity contribution in [2.75, 3.05) is 13.7 Å². The Bertz CT molecular complexity index is 215. The zero-order valence-corrected chi connectivity index (χ0v) is 12.1. The van der Waals surface area contributed by atoms with Gasteiger partial charge in [0.15, 0.2) is 0 Å². The van der Waals surface area contributed by atoms with Crippen LogP contribution < -0.4 is 5.73 Å². The van der Waals surface area contributed by atoms with Gasteiger partial charge < -0.3 is 10.5 Å². The Hall–Kier alpha value is -1.02. The van der Waals surface area contributed by atoms with Crippen molar-refractivity contribution >= 4 is 0 Å². The molecule has 0 saturated carbocycles. The first-order chi connectivity index (χ1) is 7.65. The lowest BCUT2D eigenvalue weighted by Gasteiger charge is -2.08. The topological polar surface area (TPSA) is 35.2 Å². The Morgan fingerprint density at radius 2 is 1.69 bits per heavy atom. The average molecular weight is 227 g/mol. The zero-order valence-electron chi connectivity index (χ0n) is 12.1. The van der Waals surface area contributed by atoms with Gasteiger partial charge in [-0.2, -0.15) is 0 Å². The Morgan fingerprint density at radius 1 is 1.25 bits per heavy atom. The van der Waals surface area contributed by atoms with E-state index in [2.05, 4.69) is 6.58 Å². The largest absolute Gasteiger partial charge is 0.496 e. The quantitative estimate of drug-likeness (QED) is 0.581. The summed E-state index contributed by atoms with van der Waals surface area (Å²) in [4.78, 5) is 0. The van der Waals surface area contributed by atoms with Crippen LogP contribution in [0.2, 0.25) is 0 Å². The monoisotopic (exact) mass is 227 g/mol. The smallest absolute Gasteiger partial charge is 0.123 e. The normalized spacial score (nSPS) is 10.5. The van der Waals surface area contributed by atoms with Gasteiger partial charge in [-0.15, -0.1) is 0 Å². The first kappa shape index (κ1) is 20.4. The van der Waals surface area contributed by atoms with Gasteiger partial charge >= 0.3 is 0 Å². The van der Waals surface area contributed by atoms with Crippen molar-refractivity contribution in [3.63, 3.8) is 0 Å². The third-order valence-electron chi connectivity index (χ3n) is 1.48. The van der Waals surface area contributed by atoms with E-state index in [1.54, 1.807) is 7.11 Å². The molecule has 0 saturated heterocycles. The fourth-order valence-corrected chi connectivity index (χ4v) is 0.867. The van der Waals surface area contributed by atoms with Gasteiger partial charge in [0.25, 0.3) is 0 Å². The van der Waals surface area contributed by atoms with Gasteiger partial charge in [-0.3, -0.25) is 0 Å². The highest BCUT2D eigenvalue weighted by atomic mass is 16.5. The summed E-state index contributed by atoms with van der Waals surface area (Å²) in [7, 11) is 1.63. The molecule has 96 valence electrons. The highest BCUT2D eigenvalue weighted by molar-refractivity contribution is 5.31. The summed E-state index contributed by atoms with van der Waals surface area (Å²) in [6.45, 7) is 16.1. The fourth-order valence-electron chi connectivity index (χ4n) is 0.867. The molecule has 0 atom stereocenters. The zero-order chi connectivity index (χ0) is 13.6. The molecular weight excluding hydrogens is 198 g/mol. The van der Waals surface area contributed by atoms with Crippen LogP contribution in [-0.4, -0.2) is 13.7 Å². The molecule has 2 nitrogen and oxygen atoms in total. The van der Waals surface area contributed by atoms with E-state index in [1.807, 2.05) is 53.7 Å². The Morgan fingerprint density at radius 3 is 1.88 bits per heavy atom. The molecule has 0 heterocycles. The van der Waals surface area contributed by atoms with Gasteiger partial charge in [-0.05, 0) is 19.9 Å². The van der Waals surface area contributed by atoms with Crippen LogP contribution in [0.5, 0.6) is 0 Å². The minimum absolute atomic E-state index is 0.490. The number of hydrogen-bond acceptors (Lipinski definition) is 2. The molecule has 0 aromatic heterocycles. The van der Waals surface area contributed by atoms with Crippen LogP contribution in [0.1, 0.15) is 41.5 Å². The average Bonchev–Trinajstić information content (AvgIpc) is 2.34. The maximum absolute atomic E-state index is 5.52. The van der Waals surface area contributed by atoms with Crippen molar-refractivity contribution in [2.45, 2.75) is 41.5 Å². The summed E-state index contributed by atoms with van der Waals surface area (Å²) < 4.78 is 5.16. The summed E-state index contributed by atoms with van der Waals surface area (Å²) in [6.07, 6.45) is 3.82. The molecule has 0 aliphatic rings. The number of rotatable bonds is 4. The maximum atomic E-state index is 5.52. The van der Waals surface area contributed by atoms with Gasteiger partial charge in [0, 0.05) is 12.1 Å². The van der Waals surface area contributed by atoms with E-state index in [0.29, 0.717) is 6.54 Å². The van der Waals surface area contributed by atoms with Crippen molar-refractivity contribution in [1.29, 1.82) is 0 Å². The SMILES string of the molecule is C=C(C)/C=C(OC)\C(=C/C)CN.CC.CC. The maximum Gasteiger partial charge on any atom is 0.123 e. The number of methoxy groups -OCH3 is 1. The van der Waals surface area contributed by atoms with E-state index in [4.69, 9.17) is 10.5 Å². The van der Waals surface area contributed by atoms with Gasteiger partial charge in [-0.25, -0.2) is 0 Å². The van der Waals surface area contributed by atoms with Crippen LogP contribution >= 0.6 is 0 Å². The summed E-state index contributed by atoms with van der Waals surface area (Å²) >= 11 is 0. The van der Waals surface area contributed by atoms with Crippen LogP contribution in [0.15, 0.2) is 35.6 Å². The van der Waals surface area contributed by atoms with E-state index in [-0.39, 0.29) is 0 Å². The lowest BCUT2D eigenvalue weighted by atomic mass is 10.1. The van der Waals surface area contributed by atoms with E-state index in [1.165, 1.54) is 0 Å². The first-order valence-corrected chi connectivity index (χ1v) is 5.92. The lowest BCUT2D eigenvalue weighted by molar-refractivity contribution is 0.299. The van der Waals surface area contributed by atoms with Crippen LogP contribution in [0, 0.1) is 0 Å². The number of hydrogen-bond donors (Lipinski definition) is 1. The van der Waals surface area contributed by atoms with Crippen molar-refractivity contribution in [3.05, 3.63) is 35.6 Å². The number of ether oxygens (including phenoxy) is 1. The second-order valence-electron chi connectivity index (χ2n) is 2.58. The Labute approximate surface area is 102 Å². The van der Waals surface area contributed by atoms with Crippen molar-refractivity contribution in [3.8, 4) is 0 Å². The molecule has 2 heteroatoms. The van der Waals surface area contributed by atoms with E-state index in [0.717, 1.165) is 16.9 Å². The predicted octanol–water partition coefficient (Wildman–Crippen LogP) is 4.05. The number of allylic oxidation sites excluding steroid dienone is 3. The molecule has 0 aromatic carbocycles. The highest BCUT2D eigenvalue weighted by Crippen LogP contribution is 2.11. The van der Waals surface area contributed by atoms with Gasteiger partial charge in [0.2, 0.25) is 0 Å². The van der Waals surface area contributed by atoms with E-state index >= 15 is 0 Å². The summed E-state index contributed by atoms with van der Waals surface area (Å²) in [6, 6.07) is 0. The second kappa shape index (κ2) is 16.4. The van der Waals surface area contributed by atoms with Crippen LogP contribution in [-0.2, 0) is 4.74 Å². The Balaban J connectivity index is -0.000000376. The molecule has 0 rings (SSSR count). The van der Waals surface area contributed by atoms with Gasteiger partial charge in [-0.1, -0.05) is 45.9 Å². The molecule has 0 amide bonds. The van der Waals surface area contributed by atoms with E-state index < -0.39 is 0 Å². The molecule has 0 unspecified atom stereocenters. The molecule has 0 aliphatic heterocycles. The second-order valence-corrected chi connectivity index (χ2v) is 2.58. The van der Waals surface area contributed by atoms with Crippen molar-refractivity contribution in [1.82, 2.24) is 0 Å². The third kappa shape index (κ3) is 11.1. The molecule has 0 spiro atoms. The summed E-state index contributed by atoms with van der Waals surface area (Å²) in [5.41, 5.74) is 7.48. The molecule has 0 bridgehead atoms. The van der Waals surface area contributed by atoms with Crippen molar-refractivity contribution in [2.24, 2.45) is 5.73 Å². The van der Waals surface area contributed by atoms with Crippen LogP contribution in [0.3, 0.4) is 0 Å². The number of nitrogens with two attached hydrogens (primary N) is 1. The molecule has 2 N–H and O–H groups in total. The third-order valence-corrected chi connectivity index (χ3v) is 1.48. The lowest BCUT2D eigenvalue weighted by Crippen LogP contribution is -2.06. The molecule has 0 radical (unpaired) electrons. The van der Waals surface area contributed by atoms with E-state index in [9.17, 15) is 0 Å². The fraction of sp³-hybridized carbons (Fsp3) is 0.571. The van der Waals surface area contributed by atoms with Gasteiger partial charge in [0.05, 0.1) is 7.11 Å². The molecular formula is C14H29NO. The first-order valence-electron chi connectivity index (χ1n) is 5.92. The standard InChI is InChI=1S/C10H17NO.2C2H6/c1-5-9(7-11)10(12-4)6-8(2)3;2*1-2/h5-6H,2,7,11H2,1,3-4H3;2*1-2H3/b9-5-,10-6+;;. The molecule has 0 aromatic rings. The minimum atomic E-state index is 0.490. The molecule has 0 aliphatic carbocycles. The Kier molecular flexibility index (Phi) is 20.9. The molecule has 0 fully saturated rings. The summed E-state index contributed by atoms with van der Waals surface area (Å²) in [5.74, 6) is 0.799. The summed E-state index contributed by atoms with van der Waals surface area (Å²) in [5, 5.41) is 0. The van der Waals surface area contributed by atoms with Crippen LogP contribution in [0.25, 0.3) is 0 Å².